The number of amides is 4. The lowest BCUT2D eigenvalue weighted by Gasteiger charge is -2.37. The number of halogens is 3. The highest BCUT2D eigenvalue weighted by atomic mass is 19.4. The summed E-state index contributed by atoms with van der Waals surface area (Å²) in [6.07, 6.45) is -1.91. The number of carbonyl (C=O) groups excluding carboxylic acids is 4. The van der Waals surface area contributed by atoms with Gasteiger partial charge in [0.05, 0.1) is 34.3 Å². The van der Waals surface area contributed by atoms with Crippen LogP contribution in [0.15, 0.2) is 71.7 Å². The first-order valence-corrected chi connectivity index (χ1v) is 18.9. The number of rotatable bonds is 9. The van der Waals surface area contributed by atoms with Gasteiger partial charge in [-0.3, -0.25) is 38.5 Å². The third kappa shape index (κ3) is 7.39. The number of alkyl halides is 3. The van der Waals surface area contributed by atoms with E-state index < -0.39 is 41.3 Å². The summed E-state index contributed by atoms with van der Waals surface area (Å²) < 4.78 is 43.9. The number of piperidine rings is 1. The highest BCUT2D eigenvalue weighted by molar-refractivity contribution is 6.07. The van der Waals surface area contributed by atoms with E-state index in [1.54, 1.807) is 11.6 Å². The second-order valence-electron chi connectivity index (χ2n) is 14.8. The maximum absolute atomic E-state index is 13.4. The first-order chi connectivity index (χ1) is 27.7. The van der Waals surface area contributed by atoms with E-state index in [2.05, 4.69) is 35.4 Å². The number of carbonyl (C=O) groups is 4. The van der Waals surface area contributed by atoms with Gasteiger partial charge in [0.15, 0.2) is 5.69 Å². The number of hydrogen-bond acceptors (Lipinski definition) is 10. The van der Waals surface area contributed by atoms with Gasteiger partial charge in [0.2, 0.25) is 11.8 Å². The van der Waals surface area contributed by atoms with E-state index in [0.29, 0.717) is 17.1 Å². The molecule has 3 aliphatic rings. The van der Waals surface area contributed by atoms with E-state index >= 15 is 0 Å². The predicted octanol–water partition coefficient (Wildman–Crippen LogP) is 2.92. The van der Waals surface area contributed by atoms with Crippen molar-refractivity contribution in [1.82, 2.24) is 34.1 Å². The highest BCUT2D eigenvalue weighted by Crippen LogP contribution is 2.33. The van der Waals surface area contributed by atoms with E-state index in [-0.39, 0.29) is 35.8 Å². The molecule has 3 saturated heterocycles. The van der Waals surface area contributed by atoms with Gasteiger partial charge in [0, 0.05) is 65.0 Å². The number of aromatic nitrogens is 5. The van der Waals surface area contributed by atoms with Crippen LogP contribution in [0.4, 0.5) is 30.2 Å². The molecular weight excluding hydrogens is 759 g/mol. The van der Waals surface area contributed by atoms with Crippen LogP contribution in [0.25, 0.3) is 16.7 Å². The minimum atomic E-state index is -4.74. The molecule has 0 bridgehead atoms. The number of imide groups is 1. The maximum Gasteiger partial charge on any atom is 0.433 e. The van der Waals surface area contributed by atoms with E-state index in [1.165, 1.54) is 15.4 Å². The molecule has 2 unspecified atom stereocenters. The molecule has 4 N–H and O–H groups in total. The Balaban J connectivity index is 0.877. The zero-order chi connectivity index (χ0) is 40.9. The summed E-state index contributed by atoms with van der Waals surface area (Å²) in [5, 5.41) is 8.99. The molecule has 58 heavy (non-hydrogen) atoms. The van der Waals surface area contributed by atoms with Gasteiger partial charge >= 0.3 is 11.9 Å². The number of nitrogens with zero attached hydrogens (tertiary/aromatic N) is 8. The molecule has 6 heterocycles. The normalized spacial score (nSPS) is 19.2. The Labute approximate surface area is 329 Å². The number of benzene rings is 2. The number of nitrogens with one attached hydrogen (secondary N) is 2. The smallest absolute Gasteiger partial charge is 0.369 e. The van der Waals surface area contributed by atoms with E-state index in [9.17, 15) is 37.1 Å². The Morgan fingerprint density at radius 3 is 2.34 bits per heavy atom. The van der Waals surface area contributed by atoms with Gasteiger partial charge in [-0.05, 0) is 67.3 Å². The van der Waals surface area contributed by atoms with Crippen molar-refractivity contribution in [3.05, 3.63) is 94.4 Å². The van der Waals surface area contributed by atoms with Crippen molar-refractivity contribution < 1.29 is 32.3 Å². The Hall–Kier alpha value is -6.50. The third-order valence-electron chi connectivity index (χ3n) is 11.1. The van der Waals surface area contributed by atoms with Crippen LogP contribution in [0.2, 0.25) is 0 Å². The minimum absolute atomic E-state index is 0.0752. The predicted molar refractivity (Wildman–Crippen MR) is 207 cm³/mol. The van der Waals surface area contributed by atoms with Gasteiger partial charge in [0.1, 0.15) is 17.4 Å². The summed E-state index contributed by atoms with van der Waals surface area (Å²) in [6.45, 7) is 5.93. The fourth-order valence-corrected chi connectivity index (χ4v) is 8.16. The molecule has 3 aromatic heterocycles. The van der Waals surface area contributed by atoms with Crippen molar-refractivity contribution in [2.45, 2.75) is 31.5 Å². The number of para-hydroxylation sites is 1. The largest absolute Gasteiger partial charge is 0.433 e. The number of hydrogen-bond donors (Lipinski definition) is 3. The van der Waals surface area contributed by atoms with Crippen molar-refractivity contribution in [2.24, 2.45) is 18.7 Å². The molecule has 4 amide bonds. The summed E-state index contributed by atoms with van der Waals surface area (Å²) >= 11 is 0. The molecule has 0 saturated carbocycles. The van der Waals surface area contributed by atoms with Crippen LogP contribution >= 0.6 is 0 Å². The quantitative estimate of drug-likeness (QED) is 0.187. The molecule has 3 fully saturated rings. The second-order valence-corrected chi connectivity index (χ2v) is 14.8. The summed E-state index contributed by atoms with van der Waals surface area (Å²) in [6, 6.07) is 15.5. The number of primary amides is 1. The fraction of sp³-hybridized carbons (Fsp3) is 0.359. The van der Waals surface area contributed by atoms with Gasteiger partial charge in [-0.15, -0.1) is 0 Å². The van der Waals surface area contributed by atoms with Crippen LogP contribution in [0.1, 0.15) is 52.0 Å². The second kappa shape index (κ2) is 15.1. The summed E-state index contributed by atoms with van der Waals surface area (Å²) in [7, 11) is 1.72. The monoisotopic (exact) mass is 799 g/mol. The van der Waals surface area contributed by atoms with Gasteiger partial charge in [0.25, 0.3) is 11.8 Å². The lowest BCUT2D eigenvalue weighted by Crippen LogP contribution is -2.48. The van der Waals surface area contributed by atoms with E-state index in [4.69, 9.17) is 5.73 Å². The summed E-state index contributed by atoms with van der Waals surface area (Å²) in [5.74, 6) is -2.25. The van der Waals surface area contributed by atoms with Crippen LogP contribution in [-0.4, -0.2) is 98.2 Å². The van der Waals surface area contributed by atoms with Gasteiger partial charge in [-0.2, -0.15) is 18.3 Å². The van der Waals surface area contributed by atoms with Gasteiger partial charge in [-0.25, -0.2) is 14.5 Å². The van der Waals surface area contributed by atoms with Gasteiger partial charge in [-0.1, -0.05) is 12.1 Å². The average Bonchev–Trinajstić information content (AvgIpc) is 3.92. The molecule has 0 radical (unpaired) electrons. The van der Waals surface area contributed by atoms with Crippen molar-refractivity contribution in [1.29, 1.82) is 0 Å². The molecule has 3 aliphatic heterocycles. The van der Waals surface area contributed by atoms with Crippen LogP contribution < -0.4 is 31.9 Å². The number of anilines is 3. The molecule has 5 aromatic rings. The lowest BCUT2D eigenvalue weighted by molar-refractivity contribution is -0.141. The lowest BCUT2D eigenvalue weighted by atomic mass is 10.1. The summed E-state index contributed by atoms with van der Waals surface area (Å²) in [4.78, 5) is 73.3. The Bertz CT molecular complexity index is 2480. The molecule has 19 heteroatoms. The van der Waals surface area contributed by atoms with E-state index in [1.807, 2.05) is 42.5 Å². The molecular formula is C39H40F3N11O5. The number of nitrogens with two attached hydrogens (primary N) is 1. The number of aryl methyl sites for hydroxylation is 1. The van der Waals surface area contributed by atoms with Gasteiger partial charge < -0.3 is 20.9 Å². The topological polar surface area (TPSA) is 186 Å². The Kier molecular flexibility index (Phi) is 10.00. The zero-order valence-corrected chi connectivity index (χ0v) is 31.4. The Morgan fingerprint density at radius 2 is 1.64 bits per heavy atom. The van der Waals surface area contributed by atoms with Crippen LogP contribution in [0, 0.1) is 5.92 Å². The molecule has 0 spiro atoms. The standard InChI is InChI=1S/C39H40F3N11O5/c1-48-34-28(5-3-6-29(34)53(38(48)58)30-12-13-32(54)46-37(30)57)51-15-14-23(21-51)20-49-16-18-50(19-17-49)24-8-10-25(11-9-24)52-22-27(33(47-52)35(43)55)45-36(56)26-4-2-7-31(44-26)39(40,41)42/h2-11,22-23,30H,12-21H2,1H3,(H2,43,55)(H,45,56)(H,46,54,57). The van der Waals surface area contributed by atoms with Crippen molar-refractivity contribution in [2.75, 3.05) is 60.9 Å². The minimum Gasteiger partial charge on any atom is -0.369 e. The van der Waals surface area contributed by atoms with Crippen LogP contribution in [0.3, 0.4) is 0 Å². The molecule has 8 rings (SSSR count). The first kappa shape index (κ1) is 38.4. The van der Waals surface area contributed by atoms with Crippen molar-refractivity contribution >= 4 is 51.7 Å². The van der Waals surface area contributed by atoms with E-state index in [0.717, 1.165) is 87.3 Å². The first-order valence-electron chi connectivity index (χ1n) is 18.9. The fourth-order valence-electron chi connectivity index (χ4n) is 8.16. The summed E-state index contributed by atoms with van der Waals surface area (Å²) in [5.41, 5.74) is 7.12. The molecule has 302 valence electrons. The van der Waals surface area contributed by atoms with Crippen LogP contribution in [-0.2, 0) is 22.8 Å². The number of piperazine rings is 1. The maximum atomic E-state index is 13.4. The number of fused-ring (bicyclic) bond motifs is 1. The number of imidazole rings is 1. The average molecular weight is 800 g/mol. The molecule has 2 aromatic carbocycles. The van der Waals surface area contributed by atoms with Crippen molar-refractivity contribution in [3.63, 3.8) is 0 Å². The SMILES string of the molecule is Cn1c(=O)n(C2CCC(=O)NC2=O)c2cccc(N3CCC(CN4CCN(c5ccc(-n6cc(NC(=O)c7cccc(C(F)(F)F)n7)c(C(N)=O)n6)cc5)CC4)C3)c21. The highest BCUT2D eigenvalue weighted by Gasteiger charge is 2.35. The van der Waals surface area contributed by atoms with Crippen LogP contribution in [0.5, 0.6) is 0 Å². The Morgan fingerprint density at radius 1 is 0.914 bits per heavy atom. The van der Waals surface area contributed by atoms with Crippen molar-refractivity contribution in [3.8, 4) is 5.69 Å². The molecule has 2 atom stereocenters. The number of pyridine rings is 1. The zero-order valence-electron chi connectivity index (χ0n) is 31.4. The third-order valence-corrected chi connectivity index (χ3v) is 11.1. The molecule has 16 nitrogen and oxygen atoms in total. The molecule has 0 aliphatic carbocycles.